The molecule has 0 aliphatic carbocycles. The number of carbonyl (C=O) groups is 4. The summed E-state index contributed by atoms with van der Waals surface area (Å²) in [6, 6.07) is 6.83. The van der Waals surface area contributed by atoms with Gasteiger partial charge in [0.25, 0.3) is 6.43 Å². The summed E-state index contributed by atoms with van der Waals surface area (Å²) in [5.41, 5.74) is 6.04. The molecule has 54 heavy (non-hydrogen) atoms. The monoisotopic (exact) mass is 740 g/mol. The minimum atomic E-state index is -2.73. The first-order valence-electron chi connectivity index (χ1n) is 18.4. The normalized spacial score (nSPS) is 18.8. The van der Waals surface area contributed by atoms with Crippen LogP contribution in [0.15, 0.2) is 47.9 Å². The van der Waals surface area contributed by atoms with Crippen LogP contribution in [-0.2, 0) is 36.1 Å². The van der Waals surface area contributed by atoms with Crippen molar-refractivity contribution in [2.24, 2.45) is 12.5 Å². The number of hydrogen-bond donors (Lipinski definition) is 2. The first kappa shape index (κ1) is 37.1. The average Bonchev–Trinajstić information content (AvgIpc) is 3.78. The third kappa shape index (κ3) is 7.18. The Morgan fingerprint density at radius 1 is 1.00 bits per heavy atom. The van der Waals surface area contributed by atoms with Gasteiger partial charge < -0.3 is 20.0 Å². The number of nitrogens with one attached hydrogen (secondary N) is 2. The van der Waals surface area contributed by atoms with Crippen molar-refractivity contribution in [2.45, 2.75) is 65.1 Å². The zero-order valence-corrected chi connectivity index (χ0v) is 30.9. The van der Waals surface area contributed by atoms with Crippen molar-refractivity contribution in [3.63, 3.8) is 0 Å². The predicted molar refractivity (Wildman–Crippen MR) is 200 cm³/mol. The van der Waals surface area contributed by atoms with Gasteiger partial charge in [0.2, 0.25) is 12.3 Å². The van der Waals surface area contributed by atoms with Crippen molar-refractivity contribution in [3.8, 4) is 11.1 Å². The number of amidine groups is 1. The maximum absolute atomic E-state index is 14.6. The van der Waals surface area contributed by atoms with Crippen LogP contribution in [-0.4, -0.2) is 101 Å². The van der Waals surface area contributed by atoms with Gasteiger partial charge in [0.15, 0.2) is 12.6 Å². The van der Waals surface area contributed by atoms with Crippen molar-refractivity contribution < 1.29 is 28.0 Å². The van der Waals surface area contributed by atoms with Gasteiger partial charge in [-0.1, -0.05) is 13.8 Å². The number of benzene rings is 2. The number of rotatable bonds is 10. The highest BCUT2D eigenvalue weighted by Gasteiger charge is 2.39. The molecule has 0 atom stereocenters. The molecule has 0 radical (unpaired) electrons. The summed E-state index contributed by atoms with van der Waals surface area (Å²) in [5, 5.41) is 17.5. The largest absolute Gasteiger partial charge is 0.385 e. The lowest BCUT2D eigenvalue weighted by Crippen LogP contribution is -2.53. The number of amides is 2. The molecule has 284 valence electrons. The molecule has 1 aromatic heterocycles. The van der Waals surface area contributed by atoms with Crippen molar-refractivity contribution in [2.75, 3.05) is 44.2 Å². The van der Waals surface area contributed by atoms with E-state index in [4.69, 9.17) is 0 Å². The van der Waals surface area contributed by atoms with Gasteiger partial charge in [-0.15, -0.1) is 0 Å². The van der Waals surface area contributed by atoms with E-state index in [2.05, 4.69) is 10.4 Å². The number of hydrogen-bond acceptors (Lipinski definition) is 8. The fourth-order valence-electron chi connectivity index (χ4n) is 8.56. The Balaban J connectivity index is 1.07. The maximum atomic E-state index is 14.6. The van der Waals surface area contributed by atoms with E-state index in [1.807, 2.05) is 34.6 Å². The summed E-state index contributed by atoms with van der Waals surface area (Å²) in [7, 11) is 1.75. The molecule has 1 saturated heterocycles. The molecular formula is C40H46F2N8O4. The molecule has 1 fully saturated rings. The van der Waals surface area contributed by atoms with E-state index in [1.165, 1.54) is 6.07 Å². The first-order chi connectivity index (χ1) is 25.9. The fraction of sp³-hybridized carbons (Fsp3) is 0.450. The van der Waals surface area contributed by atoms with Crippen LogP contribution in [0.25, 0.3) is 11.1 Å². The van der Waals surface area contributed by atoms with E-state index >= 15 is 0 Å². The lowest BCUT2D eigenvalue weighted by atomic mass is 9.81. The molecule has 7 rings (SSSR count). The summed E-state index contributed by atoms with van der Waals surface area (Å²) < 4.78 is 30.7. The van der Waals surface area contributed by atoms with Crippen LogP contribution in [0.2, 0.25) is 0 Å². The van der Waals surface area contributed by atoms with Crippen molar-refractivity contribution in [1.29, 1.82) is 5.41 Å². The highest BCUT2D eigenvalue weighted by Crippen LogP contribution is 2.41. The van der Waals surface area contributed by atoms with Crippen LogP contribution in [0, 0.1) is 10.8 Å². The zero-order valence-electron chi connectivity index (χ0n) is 30.9. The average molecular weight is 741 g/mol. The van der Waals surface area contributed by atoms with Crippen molar-refractivity contribution in [1.82, 2.24) is 29.8 Å². The molecule has 3 aromatic rings. The molecule has 0 spiro atoms. The molecular weight excluding hydrogens is 694 g/mol. The molecule has 12 nitrogen and oxygen atoms in total. The number of aromatic nitrogens is 2. The van der Waals surface area contributed by atoms with Crippen LogP contribution in [0.1, 0.15) is 82.5 Å². The topological polar surface area (TPSA) is 135 Å². The lowest BCUT2D eigenvalue weighted by Gasteiger charge is -2.44. The molecule has 0 bridgehead atoms. The van der Waals surface area contributed by atoms with E-state index in [0.29, 0.717) is 105 Å². The van der Waals surface area contributed by atoms with Gasteiger partial charge in [-0.2, -0.15) is 5.10 Å². The first-order valence-corrected chi connectivity index (χ1v) is 18.4. The number of fused-ring (bicyclic) bond motifs is 2. The number of aryl methyl sites for hydroxylation is 2. The van der Waals surface area contributed by atoms with Gasteiger partial charge >= 0.3 is 0 Å². The van der Waals surface area contributed by atoms with Crippen LogP contribution < -0.4 is 10.2 Å². The number of likely N-dealkylation sites (tertiary alicyclic amines) is 1. The molecule has 2 aromatic carbocycles. The van der Waals surface area contributed by atoms with E-state index in [9.17, 15) is 33.4 Å². The fourth-order valence-corrected chi connectivity index (χ4v) is 8.56. The maximum Gasteiger partial charge on any atom is 0.264 e. The van der Waals surface area contributed by atoms with Crippen molar-refractivity contribution in [3.05, 3.63) is 81.3 Å². The summed E-state index contributed by atoms with van der Waals surface area (Å²) in [6.45, 7) is 7.64. The number of aldehydes is 2. The highest BCUT2D eigenvalue weighted by atomic mass is 19.3. The van der Waals surface area contributed by atoms with Crippen LogP contribution in [0.5, 0.6) is 0 Å². The van der Waals surface area contributed by atoms with Gasteiger partial charge in [0.05, 0.1) is 19.3 Å². The third-order valence-corrected chi connectivity index (χ3v) is 11.3. The molecule has 14 heteroatoms. The number of nitrogens with zero attached hydrogens (tertiary/aromatic N) is 6. The van der Waals surface area contributed by atoms with Crippen LogP contribution >= 0.6 is 0 Å². The number of anilines is 1. The molecule has 2 N–H and O–H groups in total. The zero-order chi connectivity index (χ0) is 38.3. The second-order valence-electron chi connectivity index (χ2n) is 15.6. The Morgan fingerprint density at radius 3 is 2.28 bits per heavy atom. The van der Waals surface area contributed by atoms with Crippen LogP contribution in [0.3, 0.4) is 0 Å². The number of alkyl halides is 2. The Bertz CT molecular complexity index is 2000. The second-order valence-corrected chi connectivity index (χ2v) is 15.6. The van der Waals surface area contributed by atoms with E-state index in [0.717, 1.165) is 35.2 Å². The van der Waals surface area contributed by atoms with Gasteiger partial charge in [-0.05, 0) is 72.2 Å². The SMILES string of the molecule is Cn1cc(-c2cc3c(cc2C(F)F)N(C(=N)C2=C(NC4CCN(C(=O)CN5Cc6cc(C=O)c(C=O)cc6C5)CC4)C(C)(C)CN(C=O)C2)CCC3)cn1. The highest BCUT2D eigenvalue weighted by molar-refractivity contribution is 6.09. The molecule has 0 saturated carbocycles. The van der Waals surface area contributed by atoms with Gasteiger partial charge in [0.1, 0.15) is 5.84 Å². The summed E-state index contributed by atoms with van der Waals surface area (Å²) in [5.74, 6) is 0.208. The van der Waals surface area contributed by atoms with E-state index < -0.39 is 11.8 Å². The third-order valence-electron chi connectivity index (χ3n) is 11.3. The Hall–Kier alpha value is -5.24. The van der Waals surface area contributed by atoms with Gasteiger partial charge in [-0.3, -0.25) is 34.2 Å². The summed E-state index contributed by atoms with van der Waals surface area (Å²) in [6.07, 6.45) is 5.56. The minimum absolute atomic E-state index is 0.0207. The van der Waals surface area contributed by atoms with Gasteiger partial charge in [-0.25, -0.2) is 8.78 Å². The Morgan fingerprint density at radius 2 is 1.69 bits per heavy atom. The quantitative estimate of drug-likeness (QED) is 0.173. The molecule has 5 heterocycles. The minimum Gasteiger partial charge on any atom is -0.385 e. The Labute approximate surface area is 313 Å². The predicted octanol–water partition coefficient (Wildman–Crippen LogP) is 4.73. The van der Waals surface area contributed by atoms with Crippen molar-refractivity contribution >= 4 is 36.4 Å². The van der Waals surface area contributed by atoms with Crippen LogP contribution in [0.4, 0.5) is 14.5 Å². The Kier molecular flexibility index (Phi) is 10.2. The second kappa shape index (κ2) is 14.9. The summed E-state index contributed by atoms with van der Waals surface area (Å²) in [4.78, 5) is 55.8. The molecule has 4 aliphatic heterocycles. The lowest BCUT2D eigenvalue weighted by molar-refractivity contribution is -0.133. The molecule has 0 unspecified atom stereocenters. The summed E-state index contributed by atoms with van der Waals surface area (Å²) >= 11 is 0. The molecule has 4 aliphatic rings. The smallest absolute Gasteiger partial charge is 0.264 e. The number of carbonyl (C=O) groups excluding carboxylic acids is 4. The van der Waals surface area contributed by atoms with E-state index in [1.54, 1.807) is 41.2 Å². The number of halogens is 2. The standard InChI is InChI=1S/C40H46F2N8O4/c1-40(2)23-48(24-53)19-34(39(43)50-8-4-5-25-13-32(30-15-44-46(3)16-30)33(38(41)42)14-35(25)50)37(40)45-31-6-9-49(10-7-31)36(54)20-47-17-26-11-28(21-51)29(22-52)12-27(26)18-47/h11-16,21-22,24,31,38,43,45H,4-10,17-20,23H2,1-3H3. The molecule has 2 amide bonds. The number of piperidine rings is 1. The van der Waals surface area contributed by atoms with Gasteiger partial charge in [0, 0.05) is 103 Å². The van der Waals surface area contributed by atoms with E-state index in [-0.39, 0.29) is 36.4 Å².